The van der Waals surface area contributed by atoms with Crippen molar-refractivity contribution >= 4 is 0 Å². The van der Waals surface area contributed by atoms with Gasteiger partial charge in [-0.1, -0.05) is 75.2 Å². The largest absolute Gasteiger partial charge is 0.392 e. The SMILES string of the molecule is CCC.CCc1c(C#N)cccc1CO.Cc1ccccc1. The van der Waals surface area contributed by atoms with Gasteiger partial charge in [-0.2, -0.15) is 5.26 Å². The lowest BCUT2D eigenvalue weighted by Crippen LogP contribution is -1.95. The fraction of sp³-hybridized carbons (Fsp3) is 0.350. The van der Waals surface area contributed by atoms with E-state index in [1.807, 2.05) is 31.2 Å². The lowest BCUT2D eigenvalue weighted by molar-refractivity contribution is 0.280. The zero-order valence-electron chi connectivity index (χ0n) is 14.1. The molecule has 0 fully saturated rings. The summed E-state index contributed by atoms with van der Waals surface area (Å²) < 4.78 is 0. The summed E-state index contributed by atoms with van der Waals surface area (Å²) in [5.74, 6) is 0. The van der Waals surface area contributed by atoms with E-state index in [0.717, 1.165) is 17.5 Å². The predicted octanol–water partition coefficient (Wildman–Crippen LogP) is 5.02. The van der Waals surface area contributed by atoms with Crippen molar-refractivity contribution in [2.45, 2.75) is 47.1 Å². The summed E-state index contributed by atoms with van der Waals surface area (Å²) in [5, 5.41) is 17.7. The van der Waals surface area contributed by atoms with Crippen molar-refractivity contribution in [3.63, 3.8) is 0 Å². The van der Waals surface area contributed by atoms with E-state index >= 15 is 0 Å². The first kappa shape index (κ1) is 19.9. The minimum absolute atomic E-state index is 0.0126. The van der Waals surface area contributed by atoms with Gasteiger partial charge < -0.3 is 5.11 Å². The second kappa shape index (κ2) is 12.6. The van der Waals surface area contributed by atoms with Crippen LogP contribution in [0.4, 0.5) is 0 Å². The van der Waals surface area contributed by atoms with Gasteiger partial charge in [-0.15, -0.1) is 0 Å². The molecule has 0 aliphatic carbocycles. The van der Waals surface area contributed by atoms with Gasteiger partial charge >= 0.3 is 0 Å². The van der Waals surface area contributed by atoms with Gasteiger partial charge in [0.15, 0.2) is 0 Å². The van der Waals surface area contributed by atoms with E-state index in [1.165, 1.54) is 12.0 Å². The van der Waals surface area contributed by atoms with Gasteiger partial charge in [0, 0.05) is 0 Å². The van der Waals surface area contributed by atoms with E-state index in [-0.39, 0.29) is 6.61 Å². The molecule has 0 unspecified atom stereocenters. The molecule has 0 radical (unpaired) electrons. The molecule has 2 aromatic carbocycles. The molecule has 2 rings (SSSR count). The highest BCUT2D eigenvalue weighted by Crippen LogP contribution is 2.14. The summed E-state index contributed by atoms with van der Waals surface area (Å²) >= 11 is 0. The Labute approximate surface area is 135 Å². The topological polar surface area (TPSA) is 44.0 Å². The maximum Gasteiger partial charge on any atom is 0.0994 e. The minimum Gasteiger partial charge on any atom is -0.392 e. The Kier molecular flexibility index (Phi) is 11.4. The molecule has 0 aliphatic heterocycles. The van der Waals surface area contributed by atoms with Crippen LogP contribution in [0.1, 0.15) is 49.4 Å². The van der Waals surface area contributed by atoms with E-state index in [9.17, 15) is 0 Å². The molecule has 1 N–H and O–H groups in total. The van der Waals surface area contributed by atoms with Crippen molar-refractivity contribution in [1.29, 1.82) is 5.26 Å². The zero-order valence-corrected chi connectivity index (χ0v) is 14.1. The van der Waals surface area contributed by atoms with Crippen LogP contribution in [0.3, 0.4) is 0 Å². The Morgan fingerprint density at radius 1 is 0.955 bits per heavy atom. The molecular weight excluding hydrogens is 270 g/mol. The van der Waals surface area contributed by atoms with Crippen molar-refractivity contribution in [2.75, 3.05) is 0 Å². The highest BCUT2D eigenvalue weighted by Gasteiger charge is 2.03. The maximum absolute atomic E-state index is 8.96. The fourth-order valence-corrected chi connectivity index (χ4v) is 1.84. The van der Waals surface area contributed by atoms with E-state index in [4.69, 9.17) is 10.4 Å². The van der Waals surface area contributed by atoms with Gasteiger partial charge in [0.1, 0.15) is 0 Å². The molecular formula is C20H27NO. The Balaban J connectivity index is 0.000000372. The number of aliphatic hydroxyl groups is 1. The molecule has 0 saturated carbocycles. The fourth-order valence-electron chi connectivity index (χ4n) is 1.84. The van der Waals surface area contributed by atoms with Gasteiger partial charge in [-0.3, -0.25) is 0 Å². The first-order valence-corrected chi connectivity index (χ1v) is 7.77. The molecule has 0 spiro atoms. The summed E-state index contributed by atoms with van der Waals surface area (Å²) in [7, 11) is 0. The van der Waals surface area contributed by atoms with E-state index in [0.29, 0.717) is 5.56 Å². The van der Waals surface area contributed by atoms with Crippen LogP contribution in [0.15, 0.2) is 48.5 Å². The average Bonchev–Trinajstić information content (AvgIpc) is 2.56. The summed E-state index contributed by atoms with van der Waals surface area (Å²) in [6, 6.07) is 17.8. The van der Waals surface area contributed by atoms with E-state index < -0.39 is 0 Å². The third-order valence-corrected chi connectivity index (χ3v) is 2.86. The summed E-state index contributed by atoms with van der Waals surface area (Å²) in [5.41, 5.74) is 3.81. The molecule has 0 aromatic heterocycles. The number of benzene rings is 2. The van der Waals surface area contributed by atoms with Crippen LogP contribution in [0, 0.1) is 18.3 Å². The van der Waals surface area contributed by atoms with Gasteiger partial charge in [0.25, 0.3) is 0 Å². The monoisotopic (exact) mass is 297 g/mol. The maximum atomic E-state index is 8.96. The van der Waals surface area contributed by atoms with E-state index in [2.05, 4.69) is 39.0 Å². The molecule has 0 bridgehead atoms. The molecule has 0 amide bonds. The van der Waals surface area contributed by atoms with E-state index in [1.54, 1.807) is 12.1 Å². The van der Waals surface area contributed by atoms with Crippen LogP contribution in [0.25, 0.3) is 0 Å². The number of aryl methyl sites for hydroxylation is 1. The Bertz CT molecular complexity index is 556. The first-order chi connectivity index (χ1) is 10.6. The molecule has 0 atom stereocenters. The van der Waals surface area contributed by atoms with Gasteiger partial charge in [0.2, 0.25) is 0 Å². The van der Waals surface area contributed by atoms with Crippen LogP contribution in [0.2, 0.25) is 0 Å². The highest BCUT2D eigenvalue weighted by molar-refractivity contribution is 5.42. The molecule has 2 aromatic rings. The molecule has 0 saturated heterocycles. The number of nitrogens with zero attached hydrogens (tertiary/aromatic N) is 1. The molecule has 118 valence electrons. The van der Waals surface area contributed by atoms with Crippen LogP contribution < -0.4 is 0 Å². The van der Waals surface area contributed by atoms with Crippen molar-refractivity contribution in [3.8, 4) is 6.07 Å². The van der Waals surface area contributed by atoms with Crippen LogP contribution in [0.5, 0.6) is 0 Å². The average molecular weight is 297 g/mol. The molecule has 22 heavy (non-hydrogen) atoms. The van der Waals surface area contributed by atoms with Crippen molar-refractivity contribution < 1.29 is 5.11 Å². The molecule has 0 heterocycles. The summed E-state index contributed by atoms with van der Waals surface area (Å²) in [6.45, 7) is 8.33. The normalized spacial score (nSPS) is 8.73. The number of rotatable bonds is 2. The number of aliphatic hydroxyl groups excluding tert-OH is 1. The van der Waals surface area contributed by atoms with Crippen molar-refractivity contribution in [1.82, 2.24) is 0 Å². The number of nitriles is 1. The second-order valence-corrected chi connectivity index (χ2v) is 4.93. The third kappa shape index (κ3) is 7.61. The lowest BCUT2D eigenvalue weighted by atomic mass is 10.0. The third-order valence-electron chi connectivity index (χ3n) is 2.86. The Hall–Kier alpha value is -2.11. The predicted molar refractivity (Wildman–Crippen MR) is 93.6 cm³/mol. The first-order valence-electron chi connectivity index (χ1n) is 7.77. The van der Waals surface area contributed by atoms with Crippen molar-refractivity contribution in [2.24, 2.45) is 0 Å². The van der Waals surface area contributed by atoms with Crippen LogP contribution >= 0.6 is 0 Å². The molecule has 2 nitrogen and oxygen atoms in total. The zero-order chi connectivity index (χ0) is 16.8. The van der Waals surface area contributed by atoms with Crippen molar-refractivity contribution in [3.05, 3.63) is 70.8 Å². The molecule has 0 aliphatic rings. The van der Waals surface area contributed by atoms with Crippen LogP contribution in [-0.2, 0) is 13.0 Å². The van der Waals surface area contributed by atoms with Gasteiger partial charge in [-0.25, -0.2) is 0 Å². The second-order valence-electron chi connectivity index (χ2n) is 4.93. The highest BCUT2D eigenvalue weighted by atomic mass is 16.3. The Morgan fingerprint density at radius 2 is 1.55 bits per heavy atom. The molecule has 2 heteroatoms. The standard InChI is InChI=1S/C10H11NO.C7H8.C3H8/c1-2-10-8(6-11)4-3-5-9(10)7-12;1-7-5-3-2-4-6-7;1-3-2/h3-5,12H,2,7H2,1H3;2-6H,1H3;3H2,1-2H3. The summed E-state index contributed by atoms with van der Waals surface area (Å²) in [6.07, 6.45) is 2.04. The van der Waals surface area contributed by atoms with Crippen LogP contribution in [-0.4, -0.2) is 5.11 Å². The van der Waals surface area contributed by atoms with Gasteiger partial charge in [0.05, 0.1) is 18.2 Å². The number of hydrogen-bond donors (Lipinski definition) is 1. The minimum atomic E-state index is 0.0126. The summed E-state index contributed by atoms with van der Waals surface area (Å²) in [4.78, 5) is 0. The quantitative estimate of drug-likeness (QED) is 0.845. The smallest absolute Gasteiger partial charge is 0.0994 e. The lowest BCUT2D eigenvalue weighted by Gasteiger charge is -2.05. The van der Waals surface area contributed by atoms with Gasteiger partial charge in [-0.05, 0) is 30.5 Å². The Morgan fingerprint density at radius 3 is 1.91 bits per heavy atom. The number of hydrogen-bond acceptors (Lipinski definition) is 2.